The van der Waals surface area contributed by atoms with Crippen molar-refractivity contribution in [1.29, 1.82) is 0 Å². The predicted molar refractivity (Wildman–Crippen MR) is 302 cm³/mol. The Morgan fingerprint density at radius 1 is 0.348 bits per heavy atom. The molecule has 1 N–H and O–H groups in total. The van der Waals surface area contributed by atoms with Gasteiger partial charge in [-0.25, -0.2) is 0 Å². The smallest absolute Gasteiger partial charge is 0.306 e. The minimum absolute atomic E-state index is 0.0684. The second-order valence-electron chi connectivity index (χ2n) is 19.7. The molecule has 0 rings (SSSR count). The quantitative estimate of drug-likeness (QED) is 0.0374. The van der Waals surface area contributed by atoms with Crippen molar-refractivity contribution in [2.45, 2.75) is 296 Å². The Hall–Kier alpha value is -2.92. The second kappa shape index (κ2) is 59.4. The monoisotopic (exact) mass is 961 g/mol. The Morgan fingerprint density at radius 2 is 0.623 bits per heavy atom. The van der Waals surface area contributed by atoms with Crippen molar-refractivity contribution in [3.05, 3.63) is 85.1 Å². The molecule has 0 aromatic carbocycles. The normalized spacial score (nSPS) is 12.8. The van der Waals surface area contributed by atoms with Gasteiger partial charge in [0, 0.05) is 12.8 Å². The average Bonchev–Trinajstić information content (AvgIpc) is 3.35. The highest BCUT2D eigenvalue weighted by atomic mass is 16.6. The van der Waals surface area contributed by atoms with E-state index in [4.69, 9.17) is 9.47 Å². The Bertz CT molecular complexity index is 1270. The summed E-state index contributed by atoms with van der Waals surface area (Å²) in [6.45, 7) is 4.03. The standard InChI is InChI=1S/C64H112O5/c1-3-5-7-9-11-13-15-17-19-20-21-22-23-24-25-26-27-28-29-30-31-32-33-34-35-36-37-38-39-40-41-42-43-44-45-47-49-51-53-55-57-59-64(67)69-62(60-65)61-68-63(66)58-56-54-52-50-48-46-18-16-14-12-10-8-6-4-2/h5,7,11,13,16-19,21-22,24-25,27-28,62,65H,3-4,6,8-10,12,14-15,20,23,26,29-61H2,1-2H3/b7-5-,13-11-,18-16-,19-17-,22-21-,25-24-,28-27-. The molecule has 398 valence electrons. The van der Waals surface area contributed by atoms with E-state index in [0.29, 0.717) is 12.8 Å². The zero-order valence-corrected chi connectivity index (χ0v) is 45.6. The molecular formula is C64H112O5. The molecule has 0 radical (unpaired) electrons. The lowest BCUT2D eigenvalue weighted by Gasteiger charge is -2.15. The van der Waals surface area contributed by atoms with E-state index in [9.17, 15) is 14.7 Å². The van der Waals surface area contributed by atoms with Crippen molar-refractivity contribution >= 4 is 11.9 Å². The molecule has 0 fully saturated rings. The minimum Gasteiger partial charge on any atom is -0.462 e. The third-order valence-electron chi connectivity index (χ3n) is 12.9. The number of allylic oxidation sites excluding steroid dienone is 14. The van der Waals surface area contributed by atoms with E-state index < -0.39 is 6.10 Å². The van der Waals surface area contributed by atoms with Crippen LogP contribution in [0.4, 0.5) is 0 Å². The lowest BCUT2D eigenvalue weighted by atomic mass is 10.0. The first kappa shape index (κ1) is 66.1. The molecule has 0 saturated carbocycles. The summed E-state index contributed by atoms with van der Waals surface area (Å²) >= 11 is 0. The Balaban J connectivity index is 3.42. The molecular weight excluding hydrogens is 849 g/mol. The van der Waals surface area contributed by atoms with Crippen LogP contribution in [0.15, 0.2) is 85.1 Å². The maximum absolute atomic E-state index is 12.3. The average molecular weight is 962 g/mol. The van der Waals surface area contributed by atoms with Crippen molar-refractivity contribution < 1.29 is 24.2 Å². The van der Waals surface area contributed by atoms with Crippen LogP contribution in [0.1, 0.15) is 290 Å². The number of hydrogen-bond acceptors (Lipinski definition) is 5. The lowest BCUT2D eigenvalue weighted by molar-refractivity contribution is -0.161. The van der Waals surface area contributed by atoms with Crippen LogP contribution in [0.5, 0.6) is 0 Å². The Kier molecular flexibility index (Phi) is 56.9. The van der Waals surface area contributed by atoms with Gasteiger partial charge < -0.3 is 14.6 Å². The fourth-order valence-electron chi connectivity index (χ4n) is 8.50. The molecule has 0 spiro atoms. The van der Waals surface area contributed by atoms with E-state index in [-0.39, 0.29) is 25.2 Å². The first-order valence-electron chi connectivity index (χ1n) is 29.6. The van der Waals surface area contributed by atoms with E-state index in [2.05, 4.69) is 98.9 Å². The molecule has 1 atom stereocenters. The fraction of sp³-hybridized carbons (Fsp3) is 0.750. The van der Waals surface area contributed by atoms with Crippen LogP contribution in [-0.4, -0.2) is 36.4 Å². The molecule has 69 heavy (non-hydrogen) atoms. The molecule has 0 aromatic rings. The van der Waals surface area contributed by atoms with Gasteiger partial charge in [0.15, 0.2) is 6.10 Å². The highest BCUT2D eigenvalue weighted by Gasteiger charge is 2.16. The molecule has 0 saturated heterocycles. The molecule has 0 heterocycles. The third-order valence-corrected chi connectivity index (χ3v) is 12.9. The van der Waals surface area contributed by atoms with Gasteiger partial charge in [-0.1, -0.05) is 272 Å². The number of rotatable bonds is 54. The number of aliphatic hydroxyl groups is 1. The molecule has 0 amide bonds. The molecule has 1 unspecified atom stereocenters. The van der Waals surface area contributed by atoms with E-state index in [0.717, 1.165) is 83.5 Å². The van der Waals surface area contributed by atoms with E-state index in [1.54, 1.807) is 0 Å². The number of carbonyl (C=O) groups is 2. The molecule has 0 aromatic heterocycles. The van der Waals surface area contributed by atoms with Gasteiger partial charge in [-0.05, 0) is 89.9 Å². The summed E-state index contributed by atoms with van der Waals surface area (Å²) in [5.74, 6) is -0.591. The number of unbranched alkanes of at least 4 members (excludes halogenated alkanes) is 32. The van der Waals surface area contributed by atoms with Crippen LogP contribution in [0.25, 0.3) is 0 Å². The van der Waals surface area contributed by atoms with Gasteiger partial charge >= 0.3 is 11.9 Å². The number of ether oxygens (including phenoxy) is 2. The van der Waals surface area contributed by atoms with Crippen LogP contribution >= 0.6 is 0 Å². The zero-order chi connectivity index (χ0) is 49.9. The van der Waals surface area contributed by atoms with Crippen molar-refractivity contribution in [2.75, 3.05) is 13.2 Å². The second-order valence-corrected chi connectivity index (χ2v) is 19.7. The summed E-state index contributed by atoms with van der Waals surface area (Å²) in [4.78, 5) is 24.4. The molecule has 0 aliphatic heterocycles. The van der Waals surface area contributed by atoms with Gasteiger partial charge in [0.2, 0.25) is 0 Å². The number of hydrogen-bond donors (Lipinski definition) is 1. The van der Waals surface area contributed by atoms with E-state index in [1.807, 2.05) is 0 Å². The summed E-state index contributed by atoms with van der Waals surface area (Å²) in [5.41, 5.74) is 0. The highest BCUT2D eigenvalue weighted by molar-refractivity contribution is 5.70. The topological polar surface area (TPSA) is 72.8 Å². The van der Waals surface area contributed by atoms with Gasteiger partial charge in [-0.2, -0.15) is 0 Å². The van der Waals surface area contributed by atoms with Crippen molar-refractivity contribution in [1.82, 2.24) is 0 Å². The van der Waals surface area contributed by atoms with Gasteiger partial charge in [-0.3, -0.25) is 9.59 Å². The van der Waals surface area contributed by atoms with Gasteiger partial charge in [0.25, 0.3) is 0 Å². The van der Waals surface area contributed by atoms with Crippen molar-refractivity contribution in [3.8, 4) is 0 Å². The zero-order valence-electron chi connectivity index (χ0n) is 45.6. The molecule has 0 bridgehead atoms. The number of aliphatic hydroxyl groups excluding tert-OH is 1. The summed E-state index contributed by atoms with van der Waals surface area (Å²) in [6.07, 6.45) is 83.0. The summed E-state index contributed by atoms with van der Waals surface area (Å²) < 4.78 is 10.7. The maximum atomic E-state index is 12.3. The Labute approximate surface area is 428 Å². The van der Waals surface area contributed by atoms with Crippen LogP contribution < -0.4 is 0 Å². The van der Waals surface area contributed by atoms with Crippen LogP contribution in [0.2, 0.25) is 0 Å². The van der Waals surface area contributed by atoms with Crippen LogP contribution in [0, 0.1) is 0 Å². The van der Waals surface area contributed by atoms with Crippen molar-refractivity contribution in [2.24, 2.45) is 0 Å². The number of esters is 2. The van der Waals surface area contributed by atoms with E-state index >= 15 is 0 Å². The van der Waals surface area contributed by atoms with Gasteiger partial charge in [-0.15, -0.1) is 0 Å². The van der Waals surface area contributed by atoms with E-state index in [1.165, 1.54) is 180 Å². The van der Waals surface area contributed by atoms with Crippen molar-refractivity contribution in [3.63, 3.8) is 0 Å². The molecule has 5 heteroatoms. The maximum Gasteiger partial charge on any atom is 0.306 e. The van der Waals surface area contributed by atoms with Gasteiger partial charge in [0.05, 0.1) is 6.61 Å². The molecule has 0 aliphatic rings. The first-order chi connectivity index (χ1) is 34.1. The SMILES string of the molecule is CC/C=C\C/C=C\C/C=C\C/C=C\C/C=C\C/C=C\CCCCCCCCCCCCCCCCCCCCCCCCC(=O)OC(CO)COC(=O)CCCCCCC/C=C\CCCCCCC. The third kappa shape index (κ3) is 57.5. The Morgan fingerprint density at radius 3 is 0.957 bits per heavy atom. The number of carbonyl (C=O) groups excluding carboxylic acids is 2. The molecule has 5 nitrogen and oxygen atoms in total. The molecule has 0 aliphatic carbocycles. The fourth-order valence-corrected chi connectivity index (χ4v) is 8.50. The summed E-state index contributed by atoms with van der Waals surface area (Å²) in [7, 11) is 0. The minimum atomic E-state index is -0.775. The highest BCUT2D eigenvalue weighted by Crippen LogP contribution is 2.17. The summed E-state index contributed by atoms with van der Waals surface area (Å²) in [6, 6.07) is 0. The van der Waals surface area contributed by atoms with Crippen LogP contribution in [0.3, 0.4) is 0 Å². The summed E-state index contributed by atoms with van der Waals surface area (Å²) in [5, 5.41) is 9.63. The van der Waals surface area contributed by atoms with Crippen LogP contribution in [-0.2, 0) is 19.1 Å². The lowest BCUT2D eigenvalue weighted by Crippen LogP contribution is -2.28. The first-order valence-corrected chi connectivity index (χ1v) is 29.6. The van der Waals surface area contributed by atoms with Gasteiger partial charge in [0.1, 0.15) is 6.61 Å². The largest absolute Gasteiger partial charge is 0.462 e. The predicted octanol–water partition coefficient (Wildman–Crippen LogP) is 20.1.